The number of hydrogen-bond acceptors (Lipinski definition) is 3. The molecular weight excluding hydrogens is 454 g/mol. The number of furan rings is 1. The minimum Gasteiger partial charge on any atom is -0.437 e. The molecule has 0 aliphatic rings. The number of imidazole rings is 1. The second-order valence-electron chi connectivity index (χ2n) is 10.4. The molecule has 0 fully saturated rings. The largest absolute Gasteiger partial charge is 0.437 e. The summed E-state index contributed by atoms with van der Waals surface area (Å²) < 4.78 is 8.56. The van der Waals surface area contributed by atoms with Crippen molar-refractivity contribution >= 4 is 22.1 Å². The van der Waals surface area contributed by atoms with Crippen molar-refractivity contribution in [2.75, 3.05) is 0 Å². The zero-order chi connectivity index (χ0) is 25.7. The molecule has 0 saturated heterocycles. The third kappa shape index (κ3) is 3.93. The molecule has 6 rings (SSSR count). The topological polar surface area (TPSA) is 43.9 Å². The van der Waals surface area contributed by atoms with E-state index < -0.39 is 0 Å². The van der Waals surface area contributed by atoms with E-state index in [4.69, 9.17) is 9.40 Å². The molecule has 0 saturated carbocycles. The van der Waals surface area contributed by atoms with E-state index in [1.807, 2.05) is 19.2 Å². The Labute approximate surface area is 217 Å². The maximum atomic E-state index is 6.29. The van der Waals surface area contributed by atoms with Gasteiger partial charge in [0.05, 0.1) is 5.69 Å². The number of fused-ring (bicyclic) bond motifs is 3. The molecule has 3 aromatic heterocycles. The highest BCUT2D eigenvalue weighted by molar-refractivity contribution is 6.08. The first kappa shape index (κ1) is 23.2. The molecule has 0 radical (unpaired) electrons. The van der Waals surface area contributed by atoms with Crippen LogP contribution in [0.4, 0.5) is 0 Å². The first-order valence-electron chi connectivity index (χ1n) is 13.0. The fraction of sp³-hybridized carbons (Fsp3) is 0.212. The van der Waals surface area contributed by atoms with Gasteiger partial charge in [0.2, 0.25) is 5.71 Å². The van der Waals surface area contributed by atoms with Crippen LogP contribution in [0.2, 0.25) is 0 Å². The summed E-state index contributed by atoms with van der Waals surface area (Å²) in [6.45, 7) is 11.0. The van der Waals surface area contributed by atoms with Gasteiger partial charge in [0, 0.05) is 40.0 Å². The van der Waals surface area contributed by atoms with Crippen LogP contribution in [0.25, 0.3) is 50.3 Å². The highest BCUT2D eigenvalue weighted by Gasteiger charge is 2.19. The van der Waals surface area contributed by atoms with Crippen molar-refractivity contribution in [1.29, 1.82) is 0 Å². The van der Waals surface area contributed by atoms with E-state index in [1.54, 1.807) is 0 Å². The predicted octanol–water partition coefficient (Wildman–Crippen LogP) is 9.06. The molecule has 3 heterocycles. The van der Waals surface area contributed by atoms with Crippen LogP contribution in [-0.2, 0) is 0 Å². The van der Waals surface area contributed by atoms with Crippen LogP contribution in [0.5, 0.6) is 0 Å². The second kappa shape index (κ2) is 9.04. The Morgan fingerprint density at radius 1 is 0.757 bits per heavy atom. The van der Waals surface area contributed by atoms with E-state index in [0.717, 1.165) is 44.6 Å². The lowest BCUT2D eigenvalue weighted by atomic mass is 9.92. The Balaban J connectivity index is 1.52. The van der Waals surface area contributed by atoms with Gasteiger partial charge >= 0.3 is 0 Å². The fourth-order valence-corrected chi connectivity index (χ4v) is 5.31. The molecule has 0 spiro atoms. The van der Waals surface area contributed by atoms with E-state index in [0.29, 0.717) is 17.5 Å². The van der Waals surface area contributed by atoms with Crippen molar-refractivity contribution in [3.63, 3.8) is 0 Å². The minimum absolute atomic E-state index is 0.401. The third-order valence-electron chi connectivity index (χ3n) is 7.16. The molecule has 0 atom stereocenters. The second-order valence-corrected chi connectivity index (χ2v) is 10.4. The lowest BCUT2D eigenvalue weighted by Gasteiger charge is -2.22. The van der Waals surface area contributed by atoms with Crippen LogP contribution in [0.15, 0.2) is 89.6 Å². The minimum atomic E-state index is 0.401. The Bertz CT molecular complexity index is 1730. The normalized spacial score (nSPS) is 11.9. The van der Waals surface area contributed by atoms with E-state index >= 15 is 0 Å². The van der Waals surface area contributed by atoms with Gasteiger partial charge in [-0.05, 0) is 53.6 Å². The molecule has 3 aromatic carbocycles. The number of nitrogens with zero attached hydrogens (tertiary/aromatic N) is 3. The molecule has 0 bridgehead atoms. The van der Waals surface area contributed by atoms with Crippen molar-refractivity contribution in [2.24, 2.45) is 0 Å². The van der Waals surface area contributed by atoms with Gasteiger partial charge in [-0.3, -0.25) is 4.57 Å². The highest BCUT2D eigenvalue weighted by Crippen LogP contribution is 2.38. The Hall–Kier alpha value is -4.18. The van der Waals surface area contributed by atoms with Gasteiger partial charge in [0.15, 0.2) is 0 Å². The van der Waals surface area contributed by atoms with Crippen molar-refractivity contribution in [1.82, 2.24) is 14.5 Å². The lowest BCUT2D eigenvalue weighted by Crippen LogP contribution is -2.07. The molecule has 4 nitrogen and oxygen atoms in total. The Morgan fingerprint density at radius 2 is 1.46 bits per heavy atom. The van der Waals surface area contributed by atoms with Gasteiger partial charge in [0.25, 0.3) is 0 Å². The summed E-state index contributed by atoms with van der Waals surface area (Å²) in [6.07, 6.45) is 3.99. The van der Waals surface area contributed by atoms with Crippen LogP contribution in [-0.4, -0.2) is 14.5 Å². The van der Waals surface area contributed by atoms with E-state index in [9.17, 15) is 0 Å². The number of hydrogen-bond donors (Lipinski definition) is 0. The van der Waals surface area contributed by atoms with Crippen molar-refractivity contribution in [3.8, 4) is 28.2 Å². The standard InChI is InChI=1S/C33H31N3O/c1-20(2)25-11-7-12-26(21(3)4)30(25)36-18-17-34-32(36)24-10-6-9-23(19-24)27-13-8-14-28-29-16-15-22(5)35-33(29)37-31(27)28/h6-21H,1-5H3. The molecule has 0 aliphatic carbocycles. The van der Waals surface area contributed by atoms with Gasteiger partial charge in [-0.15, -0.1) is 0 Å². The monoisotopic (exact) mass is 485 g/mol. The number of benzene rings is 3. The predicted molar refractivity (Wildman–Crippen MR) is 152 cm³/mol. The fourth-order valence-electron chi connectivity index (χ4n) is 5.31. The summed E-state index contributed by atoms with van der Waals surface area (Å²) >= 11 is 0. The number of aryl methyl sites for hydroxylation is 1. The molecule has 0 amide bonds. The highest BCUT2D eigenvalue weighted by atomic mass is 16.3. The van der Waals surface area contributed by atoms with Crippen LogP contribution in [0, 0.1) is 6.92 Å². The van der Waals surface area contributed by atoms with Gasteiger partial charge in [-0.1, -0.05) is 82.3 Å². The molecule has 4 heteroatoms. The first-order chi connectivity index (χ1) is 17.9. The van der Waals surface area contributed by atoms with Gasteiger partial charge < -0.3 is 4.42 Å². The van der Waals surface area contributed by atoms with Crippen LogP contribution in [0.3, 0.4) is 0 Å². The summed E-state index contributed by atoms with van der Waals surface area (Å²) in [5.41, 5.74) is 9.61. The smallest absolute Gasteiger partial charge is 0.227 e. The molecule has 0 N–H and O–H groups in total. The average Bonchev–Trinajstić information content (AvgIpc) is 3.52. The zero-order valence-corrected chi connectivity index (χ0v) is 22.0. The van der Waals surface area contributed by atoms with Crippen molar-refractivity contribution < 1.29 is 4.42 Å². The SMILES string of the molecule is Cc1ccc2c(n1)oc1c(-c3cccc(-c4nccn4-c4c(C(C)C)cccc4C(C)C)c3)cccc12. The summed E-state index contributed by atoms with van der Waals surface area (Å²) in [5, 5.41) is 2.12. The molecular formula is C33H31N3O. The van der Waals surface area contributed by atoms with Crippen LogP contribution in [0.1, 0.15) is 56.4 Å². The van der Waals surface area contributed by atoms with E-state index in [-0.39, 0.29) is 0 Å². The third-order valence-corrected chi connectivity index (χ3v) is 7.16. The van der Waals surface area contributed by atoms with Crippen LogP contribution >= 0.6 is 0 Å². The number of rotatable bonds is 5. The molecule has 0 aliphatic heterocycles. The number of aromatic nitrogens is 3. The van der Waals surface area contributed by atoms with Gasteiger partial charge in [-0.2, -0.15) is 0 Å². The molecule has 0 unspecified atom stereocenters. The van der Waals surface area contributed by atoms with Crippen LogP contribution < -0.4 is 0 Å². The van der Waals surface area contributed by atoms with E-state index in [2.05, 4.69) is 110 Å². The first-order valence-corrected chi connectivity index (χ1v) is 13.0. The molecule has 6 aromatic rings. The summed E-state index contributed by atoms with van der Waals surface area (Å²) in [6, 6.07) is 25.7. The zero-order valence-electron chi connectivity index (χ0n) is 22.0. The maximum absolute atomic E-state index is 6.29. The quantitative estimate of drug-likeness (QED) is 0.245. The lowest BCUT2D eigenvalue weighted by molar-refractivity contribution is 0.653. The Morgan fingerprint density at radius 3 is 2.22 bits per heavy atom. The van der Waals surface area contributed by atoms with Gasteiger partial charge in [-0.25, -0.2) is 9.97 Å². The summed E-state index contributed by atoms with van der Waals surface area (Å²) in [7, 11) is 0. The van der Waals surface area contributed by atoms with E-state index in [1.165, 1.54) is 16.8 Å². The Kier molecular flexibility index (Phi) is 5.68. The van der Waals surface area contributed by atoms with Gasteiger partial charge in [0.1, 0.15) is 11.4 Å². The van der Waals surface area contributed by atoms with Crippen molar-refractivity contribution in [3.05, 3.63) is 102 Å². The maximum Gasteiger partial charge on any atom is 0.227 e. The van der Waals surface area contributed by atoms with Crippen molar-refractivity contribution in [2.45, 2.75) is 46.5 Å². The average molecular weight is 486 g/mol. The molecule has 37 heavy (non-hydrogen) atoms. The number of para-hydroxylation sites is 2. The molecule has 184 valence electrons. The number of pyridine rings is 1. The summed E-state index contributed by atoms with van der Waals surface area (Å²) in [5.74, 6) is 1.74. The summed E-state index contributed by atoms with van der Waals surface area (Å²) in [4.78, 5) is 9.45.